The van der Waals surface area contributed by atoms with E-state index in [-0.39, 0.29) is 11.9 Å². The van der Waals surface area contributed by atoms with Crippen LogP contribution in [0.15, 0.2) is 0 Å². The number of carbonyl (C=O) groups excluding carboxylic acids is 1. The Morgan fingerprint density at radius 2 is 2.40 bits per heavy atom. The van der Waals surface area contributed by atoms with Gasteiger partial charge in [0.2, 0.25) is 5.91 Å². The van der Waals surface area contributed by atoms with Crippen molar-refractivity contribution in [3.8, 4) is 0 Å². The summed E-state index contributed by atoms with van der Waals surface area (Å²) in [6, 6.07) is -0.154. The third-order valence-corrected chi connectivity index (χ3v) is 1.46. The number of nitrogens with zero attached hydrogens (tertiary/aromatic N) is 1. The van der Waals surface area contributed by atoms with Crippen molar-refractivity contribution >= 4 is 5.91 Å². The second-order valence-electron chi connectivity index (χ2n) is 2.58. The predicted molar refractivity (Wildman–Crippen MR) is 37.4 cm³/mol. The zero-order valence-corrected chi connectivity index (χ0v) is 6.00. The Labute approximate surface area is 60.2 Å². The van der Waals surface area contributed by atoms with E-state index in [1.807, 2.05) is 0 Å². The molecular weight excluding hydrogens is 130 g/mol. The maximum absolute atomic E-state index is 10.9. The van der Waals surface area contributed by atoms with Gasteiger partial charge < -0.3 is 11.1 Å². The molecule has 57 valence electrons. The van der Waals surface area contributed by atoms with Crippen LogP contribution in [0.2, 0.25) is 0 Å². The molecule has 3 N–H and O–H groups in total. The SMILES string of the molecule is C[C@H](N)C(=O)NC1C[N]C1. The highest BCUT2D eigenvalue weighted by atomic mass is 16.2. The maximum atomic E-state index is 10.9. The molecule has 1 fully saturated rings. The summed E-state index contributed by atoms with van der Waals surface area (Å²) in [7, 11) is 0. The highest BCUT2D eigenvalue weighted by Crippen LogP contribution is 1.92. The van der Waals surface area contributed by atoms with E-state index >= 15 is 0 Å². The van der Waals surface area contributed by atoms with Crippen molar-refractivity contribution in [2.24, 2.45) is 5.73 Å². The van der Waals surface area contributed by atoms with Crippen LogP contribution < -0.4 is 16.4 Å². The molecule has 4 nitrogen and oxygen atoms in total. The van der Waals surface area contributed by atoms with Crippen LogP contribution in [0.5, 0.6) is 0 Å². The van der Waals surface area contributed by atoms with Gasteiger partial charge in [0.1, 0.15) is 0 Å². The molecule has 1 rings (SSSR count). The van der Waals surface area contributed by atoms with Crippen molar-refractivity contribution in [1.29, 1.82) is 0 Å². The van der Waals surface area contributed by atoms with Gasteiger partial charge in [-0.05, 0) is 6.92 Å². The lowest BCUT2D eigenvalue weighted by molar-refractivity contribution is -0.123. The Balaban J connectivity index is 2.17. The minimum Gasteiger partial charge on any atom is -0.349 e. The van der Waals surface area contributed by atoms with E-state index in [4.69, 9.17) is 5.73 Å². The number of nitrogens with two attached hydrogens (primary N) is 1. The van der Waals surface area contributed by atoms with E-state index in [9.17, 15) is 4.79 Å². The predicted octanol–water partition coefficient (Wildman–Crippen LogP) is -1.56. The maximum Gasteiger partial charge on any atom is 0.236 e. The molecule has 0 aliphatic carbocycles. The lowest BCUT2D eigenvalue weighted by Gasteiger charge is -2.26. The first-order valence-corrected chi connectivity index (χ1v) is 3.39. The Hall–Kier alpha value is -0.610. The van der Waals surface area contributed by atoms with Crippen LogP contribution in [-0.2, 0) is 4.79 Å². The fourth-order valence-corrected chi connectivity index (χ4v) is 0.682. The first-order valence-electron chi connectivity index (χ1n) is 3.39. The molecule has 1 heterocycles. The molecule has 1 aliphatic rings. The molecule has 0 bridgehead atoms. The lowest BCUT2D eigenvalue weighted by atomic mass is 10.1. The Morgan fingerprint density at radius 3 is 2.70 bits per heavy atom. The summed E-state index contributed by atoms with van der Waals surface area (Å²) in [6.45, 7) is 3.17. The fraction of sp³-hybridized carbons (Fsp3) is 0.833. The van der Waals surface area contributed by atoms with Gasteiger partial charge in [-0.15, -0.1) is 0 Å². The molecule has 1 saturated heterocycles. The van der Waals surface area contributed by atoms with Crippen LogP contribution in [0.4, 0.5) is 0 Å². The molecule has 1 amide bonds. The van der Waals surface area contributed by atoms with Crippen LogP contribution in [0.1, 0.15) is 6.92 Å². The van der Waals surface area contributed by atoms with Crippen LogP contribution in [0.25, 0.3) is 0 Å². The Kier molecular flexibility index (Phi) is 2.24. The van der Waals surface area contributed by atoms with E-state index < -0.39 is 6.04 Å². The van der Waals surface area contributed by atoms with Gasteiger partial charge in [0.15, 0.2) is 0 Å². The number of hydrogen-bond donors (Lipinski definition) is 2. The molecule has 0 aromatic carbocycles. The van der Waals surface area contributed by atoms with E-state index in [0.717, 1.165) is 13.1 Å². The number of carbonyl (C=O) groups is 1. The second kappa shape index (κ2) is 2.98. The molecule has 0 saturated carbocycles. The van der Waals surface area contributed by atoms with E-state index in [1.165, 1.54) is 0 Å². The van der Waals surface area contributed by atoms with Gasteiger partial charge in [0.25, 0.3) is 0 Å². The van der Waals surface area contributed by atoms with Crippen molar-refractivity contribution in [2.45, 2.75) is 19.0 Å². The van der Waals surface area contributed by atoms with Crippen molar-refractivity contribution in [3.63, 3.8) is 0 Å². The number of rotatable bonds is 2. The van der Waals surface area contributed by atoms with Crippen molar-refractivity contribution in [2.75, 3.05) is 13.1 Å². The third kappa shape index (κ3) is 1.68. The van der Waals surface area contributed by atoms with E-state index in [2.05, 4.69) is 10.6 Å². The third-order valence-electron chi connectivity index (χ3n) is 1.46. The molecule has 0 aromatic heterocycles. The first-order chi connectivity index (χ1) is 4.70. The smallest absolute Gasteiger partial charge is 0.236 e. The highest BCUT2D eigenvalue weighted by Gasteiger charge is 2.21. The van der Waals surface area contributed by atoms with Crippen molar-refractivity contribution in [1.82, 2.24) is 10.6 Å². The van der Waals surface area contributed by atoms with Gasteiger partial charge in [-0.25, -0.2) is 5.32 Å². The average Bonchev–Trinajstić information content (AvgIpc) is 1.77. The topological polar surface area (TPSA) is 69.2 Å². The second-order valence-corrected chi connectivity index (χ2v) is 2.58. The summed E-state index contributed by atoms with van der Waals surface area (Å²) >= 11 is 0. The summed E-state index contributed by atoms with van der Waals surface area (Å²) in [6.07, 6.45) is 0. The summed E-state index contributed by atoms with van der Waals surface area (Å²) < 4.78 is 0. The van der Waals surface area contributed by atoms with E-state index in [1.54, 1.807) is 6.92 Å². The van der Waals surface area contributed by atoms with Gasteiger partial charge in [0.05, 0.1) is 12.1 Å². The number of nitrogens with one attached hydrogen (secondary N) is 1. The standard InChI is InChI=1S/C6H12N3O/c1-4(7)6(10)9-5-2-8-3-5/h4-5H,2-3,7H2,1H3,(H,9,10)/t4-/m0/s1. The molecule has 0 aromatic rings. The summed E-state index contributed by atoms with van der Waals surface area (Å²) in [4.78, 5) is 10.9. The molecule has 0 spiro atoms. The quantitative estimate of drug-likeness (QED) is 0.489. The summed E-state index contributed by atoms with van der Waals surface area (Å²) in [5, 5.41) is 6.71. The van der Waals surface area contributed by atoms with Gasteiger partial charge in [-0.3, -0.25) is 4.79 Å². The van der Waals surface area contributed by atoms with Gasteiger partial charge in [0, 0.05) is 13.1 Å². The van der Waals surface area contributed by atoms with Crippen LogP contribution in [-0.4, -0.2) is 31.1 Å². The number of amides is 1. The lowest BCUT2D eigenvalue weighted by Crippen LogP contribution is -2.56. The molecular formula is C6H12N3O. The van der Waals surface area contributed by atoms with Crippen molar-refractivity contribution in [3.05, 3.63) is 0 Å². The zero-order chi connectivity index (χ0) is 7.56. The molecule has 1 aliphatic heterocycles. The van der Waals surface area contributed by atoms with Gasteiger partial charge in [-0.2, -0.15) is 0 Å². The van der Waals surface area contributed by atoms with Gasteiger partial charge in [-0.1, -0.05) is 0 Å². The first kappa shape index (κ1) is 7.50. The normalized spacial score (nSPS) is 21.4. The Morgan fingerprint density at radius 1 is 1.80 bits per heavy atom. The molecule has 1 radical (unpaired) electrons. The molecule has 4 heteroatoms. The Bertz CT molecular complexity index is 131. The number of hydrogen-bond acceptors (Lipinski definition) is 2. The highest BCUT2D eigenvalue weighted by molar-refractivity contribution is 5.81. The average molecular weight is 142 g/mol. The van der Waals surface area contributed by atoms with Gasteiger partial charge >= 0.3 is 0 Å². The minimum absolute atomic E-state index is 0.0834. The largest absolute Gasteiger partial charge is 0.349 e. The van der Waals surface area contributed by atoms with Crippen molar-refractivity contribution < 1.29 is 4.79 Å². The molecule has 10 heavy (non-hydrogen) atoms. The molecule has 1 atom stereocenters. The summed E-state index contributed by atoms with van der Waals surface area (Å²) in [5.74, 6) is -0.0834. The van der Waals surface area contributed by atoms with Crippen LogP contribution >= 0.6 is 0 Å². The zero-order valence-electron chi connectivity index (χ0n) is 6.00. The van der Waals surface area contributed by atoms with E-state index in [0.29, 0.717) is 0 Å². The monoisotopic (exact) mass is 142 g/mol. The van der Waals surface area contributed by atoms with Crippen LogP contribution in [0.3, 0.4) is 0 Å². The molecule has 0 unspecified atom stereocenters. The van der Waals surface area contributed by atoms with Crippen LogP contribution in [0, 0.1) is 0 Å². The fourth-order valence-electron chi connectivity index (χ4n) is 0.682. The minimum atomic E-state index is -0.402. The summed E-state index contributed by atoms with van der Waals surface area (Å²) in [5.41, 5.74) is 5.32.